The monoisotopic (exact) mass is 592 g/mol. The number of para-hydroxylation sites is 1. The molecule has 1 aliphatic heterocycles. The number of hydrogen-bond acceptors (Lipinski definition) is 7. The van der Waals surface area contributed by atoms with E-state index in [0.29, 0.717) is 11.1 Å². The van der Waals surface area contributed by atoms with Crippen molar-refractivity contribution < 1.29 is 41.8 Å². The fourth-order valence-corrected chi connectivity index (χ4v) is 4.58. The lowest BCUT2D eigenvalue weighted by atomic mass is 10.00. The number of aryl methyl sites for hydroxylation is 1. The second kappa shape index (κ2) is 11.8. The minimum absolute atomic E-state index is 0.0180. The van der Waals surface area contributed by atoms with Crippen molar-refractivity contribution in [3.05, 3.63) is 101 Å². The van der Waals surface area contributed by atoms with Gasteiger partial charge in [0.25, 0.3) is 11.8 Å². The standard InChI is InChI=1S/C30H23F3N4O6/c1-16-12-18(20-7-4-5-9-23(20)35-16)15-42-19-10-11-22(24(13-19)43-28(40)30(31,32)33)26(38)34-14-17-6-2-3-8-21(17)25-27(39)37-29(41)36-25/h2-13,25H,14-15H2,1H3,(H,34,38)(H2,36,37,39,41). The fourth-order valence-electron chi connectivity index (χ4n) is 4.58. The minimum atomic E-state index is -5.32. The van der Waals surface area contributed by atoms with Crippen LogP contribution in [0.25, 0.3) is 10.9 Å². The normalized spacial score (nSPS) is 14.7. The zero-order valence-corrected chi connectivity index (χ0v) is 22.5. The van der Waals surface area contributed by atoms with Crippen molar-refractivity contribution in [3.8, 4) is 11.5 Å². The second-order valence-corrected chi connectivity index (χ2v) is 9.55. The molecule has 13 heteroatoms. The van der Waals surface area contributed by atoms with Crippen LogP contribution in [0.5, 0.6) is 11.5 Å². The van der Waals surface area contributed by atoms with Crippen LogP contribution in [0.15, 0.2) is 72.8 Å². The van der Waals surface area contributed by atoms with E-state index in [2.05, 4.69) is 25.7 Å². The lowest BCUT2D eigenvalue weighted by molar-refractivity contribution is -0.189. The fraction of sp³-hybridized carbons (Fsp3) is 0.167. The third-order valence-electron chi connectivity index (χ3n) is 6.54. The number of nitrogens with one attached hydrogen (secondary N) is 3. The highest BCUT2D eigenvalue weighted by Gasteiger charge is 2.42. The molecule has 10 nitrogen and oxygen atoms in total. The molecule has 0 spiro atoms. The Morgan fingerprint density at radius 2 is 1.72 bits per heavy atom. The molecule has 3 aromatic carbocycles. The number of halogens is 3. The van der Waals surface area contributed by atoms with E-state index >= 15 is 0 Å². The van der Waals surface area contributed by atoms with E-state index < -0.39 is 41.8 Å². The van der Waals surface area contributed by atoms with Crippen LogP contribution in [0.2, 0.25) is 0 Å². The number of carbonyl (C=O) groups excluding carboxylic acids is 4. The van der Waals surface area contributed by atoms with Crippen LogP contribution in [0.3, 0.4) is 0 Å². The van der Waals surface area contributed by atoms with Crippen molar-refractivity contribution in [1.29, 1.82) is 0 Å². The number of imide groups is 1. The van der Waals surface area contributed by atoms with E-state index in [9.17, 15) is 32.3 Å². The van der Waals surface area contributed by atoms with Crippen LogP contribution in [-0.2, 0) is 22.7 Å². The first kappa shape index (κ1) is 29.0. The Bertz CT molecular complexity index is 1760. The predicted octanol–water partition coefficient (Wildman–Crippen LogP) is 4.40. The summed E-state index contributed by atoms with van der Waals surface area (Å²) < 4.78 is 49.6. The molecule has 220 valence electrons. The third-order valence-corrected chi connectivity index (χ3v) is 6.54. The van der Waals surface area contributed by atoms with Crippen LogP contribution >= 0.6 is 0 Å². The number of benzene rings is 3. The van der Waals surface area contributed by atoms with Gasteiger partial charge in [0.1, 0.15) is 24.1 Å². The van der Waals surface area contributed by atoms with Crippen molar-refractivity contribution in [2.45, 2.75) is 32.3 Å². The Hall–Kier alpha value is -5.46. The molecule has 43 heavy (non-hydrogen) atoms. The number of aromatic nitrogens is 1. The van der Waals surface area contributed by atoms with Gasteiger partial charge in [0.2, 0.25) is 0 Å². The molecule has 1 unspecified atom stereocenters. The summed E-state index contributed by atoms with van der Waals surface area (Å²) in [5.74, 6) is -4.56. The maximum Gasteiger partial charge on any atom is 0.491 e. The van der Waals surface area contributed by atoms with E-state index in [1.807, 2.05) is 37.3 Å². The first-order chi connectivity index (χ1) is 20.5. The maximum absolute atomic E-state index is 13.1. The van der Waals surface area contributed by atoms with E-state index in [1.165, 1.54) is 12.1 Å². The summed E-state index contributed by atoms with van der Waals surface area (Å²) in [6, 6.07) is 17.6. The van der Waals surface area contributed by atoms with Gasteiger partial charge in [-0.3, -0.25) is 19.9 Å². The number of alkyl halides is 3. The van der Waals surface area contributed by atoms with Gasteiger partial charge in [-0.1, -0.05) is 42.5 Å². The molecule has 1 aromatic heterocycles. The van der Waals surface area contributed by atoms with Gasteiger partial charge >= 0.3 is 18.2 Å². The summed E-state index contributed by atoms with van der Waals surface area (Å²) in [4.78, 5) is 53.0. The van der Waals surface area contributed by atoms with Crippen molar-refractivity contribution in [2.24, 2.45) is 0 Å². The molecule has 4 amide bonds. The zero-order chi connectivity index (χ0) is 30.7. The number of ether oxygens (including phenoxy) is 2. The van der Waals surface area contributed by atoms with Gasteiger partial charge in [-0.25, -0.2) is 9.59 Å². The average Bonchev–Trinajstić information content (AvgIpc) is 3.31. The van der Waals surface area contributed by atoms with E-state index in [1.54, 1.807) is 24.3 Å². The van der Waals surface area contributed by atoms with Crippen LogP contribution in [0, 0.1) is 6.92 Å². The van der Waals surface area contributed by atoms with Gasteiger partial charge in [-0.2, -0.15) is 13.2 Å². The molecule has 2 heterocycles. The van der Waals surface area contributed by atoms with Crippen LogP contribution in [0.1, 0.15) is 38.8 Å². The Kier molecular flexibility index (Phi) is 7.97. The van der Waals surface area contributed by atoms with Gasteiger partial charge in [-0.15, -0.1) is 0 Å². The molecule has 4 aromatic rings. The highest BCUT2D eigenvalue weighted by Crippen LogP contribution is 2.30. The van der Waals surface area contributed by atoms with E-state index in [-0.39, 0.29) is 24.5 Å². The lowest BCUT2D eigenvalue weighted by Gasteiger charge is -2.16. The summed E-state index contributed by atoms with van der Waals surface area (Å²) in [5, 5.41) is 7.98. The molecule has 5 rings (SSSR count). The Balaban J connectivity index is 1.37. The number of urea groups is 1. The van der Waals surface area contributed by atoms with E-state index in [4.69, 9.17) is 4.74 Å². The molecule has 0 bridgehead atoms. The highest BCUT2D eigenvalue weighted by molar-refractivity contribution is 6.04. The number of rotatable bonds is 8. The first-order valence-corrected chi connectivity index (χ1v) is 12.9. The third kappa shape index (κ3) is 6.56. The summed E-state index contributed by atoms with van der Waals surface area (Å²) in [5.41, 5.74) is 2.76. The Labute approximate surface area is 242 Å². The van der Waals surface area contributed by atoms with Crippen LogP contribution in [-0.4, -0.2) is 35.0 Å². The number of hydrogen-bond donors (Lipinski definition) is 3. The second-order valence-electron chi connectivity index (χ2n) is 9.55. The zero-order valence-electron chi connectivity index (χ0n) is 22.5. The molecule has 0 saturated carbocycles. The number of esters is 1. The first-order valence-electron chi connectivity index (χ1n) is 12.9. The molecular formula is C30H23F3N4O6. The average molecular weight is 593 g/mol. The number of nitrogens with zero attached hydrogens (tertiary/aromatic N) is 1. The molecule has 0 aliphatic carbocycles. The SMILES string of the molecule is Cc1cc(COc2ccc(C(=O)NCc3ccccc3C3NC(=O)NC3=O)c(OC(=O)C(F)(F)F)c2)c2ccccc2n1. The molecule has 1 fully saturated rings. The topological polar surface area (TPSA) is 136 Å². The quantitative estimate of drug-likeness (QED) is 0.157. The maximum atomic E-state index is 13.1. The van der Waals surface area contributed by atoms with E-state index in [0.717, 1.165) is 28.2 Å². The smallest absolute Gasteiger partial charge is 0.489 e. The number of pyridine rings is 1. The lowest BCUT2D eigenvalue weighted by Crippen LogP contribution is -2.30. The summed E-state index contributed by atoms with van der Waals surface area (Å²) in [6.45, 7) is 1.67. The minimum Gasteiger partial charge on any atom is -0.489 e. The largest absolute Gasteiger partial charge is 0.491 e. The van der Waals surface area contributed by atoms with Crippen molar-refractivity contribution in [2.75, 3.05) is 0 Å². The van der Waals surface area contributed by atoms with Gasteiger partial charge in [0.15, 0.2) is 0 Å². The summed E-state index contributed by atoms with van der Waals surface area (Å²) in [7, 11) is 0. The summed E-state index contributed by atoms with van der Waals surface area (Å²) in [6.07, 6.45) is -5.32. The molecule has 0 radical (unpaired) electrons. The highest BCUT2D eigenvalue weighted by atomic mass is 19.4. The van der Waals surface area contributed by atoms with Gasteiger partial charge in [0.05, 0.1) is 11.1 Å². The van der Waals surface area contributed by atoms with Crippen LogP contribution < -0.4 is 25.4 Å². The number of amides is 4. The van der Waals surface area contributed by atoms with Gasteiger partial charge < -0.3 is 20.1 Å². The molecule has 1 aliphatic rings. The van der Waals surface area contributed by atoms with Crippen molar-refractivity contribution >= 4 is 34.7 Å². The van der Waals surface area contributed by atoms with Crippen molar-refractivity contribution in [3.63, 3.8) is 0 Å². The molecule has 1 saturated heterocycles. The molecule has 3 N–H and O–H groups in total. The van der Waals surface area contributed by atoms with Crippen molar-refractivity contribution in [1.82, 2.24) is 20.9 Å². The number of fused-ring (bicyclic) bond motifs is 1. The molecule has 1 atom stereocenters. The molecular weight excluding hydrogens is 569 g/mol. The van der Waals surface area contributed by atoms with Gasteiger partial charge in [0, 0.05) is 29.3 Å². The Morgan fingerprint density at radius 1 is 0.977 bits per heavy atom. The Morgan fingerprint density at radius 3 is 2.47 bits per heavy atom. The summed E-state index contributed by atoms with van der Waals surface area (Å²) >= 11 is 0. The van der Waals surface area contributed by atoms with Gasteiger partial charge in [-0.05, 0) is 42.3 Å². The number of carbonyl (C=O) groups is 4. The predicted molar refractivity (Wildman–Crippen MR) is 146 cm³/mol. The van der Waals surface area contributed by atoms with Crippen LogP contribution in [0.4, 0.5) is 18.0 Å².